The van der Waals surface area contributed by atoms with E-state index in [1.807, 2.05) is 19.1 Å². The predicted molar refractivity (Wildman–Crippen MR) is 67.4 cm³/mol. The summed E-state index contributed by atoms with van der Waals surface area (Å²) in [5.74, 6) is 0.779. The van der Waals surface area contributed by atoms with E-state index in [0.717, 1.165) is 11.3 Å². The number of hydrogen-bond donors (Lipinski definition) is 1. The van der Waals surface area contributed by atoms with Crippen molar-refractivity contribution >= 4 is 5.91 Å². The summed E-state index contributed by atoms with van der Waals surface area (Å²) in [6, 6.07) is 3.94. The summed E-state index contributed by atoms with van der Waals surface area (Å²) in [4.78, 5) is 16.0. The maximum absolute atomic E-state index is 11.7. The zero-order valence-electron chi connectivity index (χ0n) is 10.4. The van der Waals surface area contributed by atoms with Crippen LogP contribution in [0.3, 0.4) is 0 Å². The minimum absolute atomic E-state index is 0.168. The Hall–Kier alpha value is -1.38. The molecule has 3 heteroatoms. The van der Waals surface area contributed by atoms with Crippen LogP contribution in [-0.4, -0.2) is 10.9 Å². The number of hydrogen-bond acceptors (Lipinski definition) is 2. The molecule has 0 bridgehead atoms. The Balaban J connectivity index is 1.77. The van der Waals surface area contributed by atoms with Gasteiger partial charge < -0.3 is 5.32 Å². The maximum atomic E-state index is 11.7. The predicted octanol–water partition coefficient (Wildman–Crippen LogP) is 2.59. The fraction of sp³-hybridized carbons (Fsp3) is 0.571. The highest BCUT2D eigenvalue weighted by Gasteiger charge is 2.18. The van der Waals surface area contributed by atoms with E-state index in [2.05, 4.69) is 10.3 Å². The topological polar surface area (TPSA) is 42.0 Å². The number of pyridine rings is 1. The van der Waals surface area contributed by atoms with Crippen LogP contribution in [0.2, 0.25) is 0 Å². The molecule has 0 aliphatic heterocycles. The first-order valence-corrected chi connectivity index (χ1v) is 6.43. The highest BCUT2D eigenvalue weighted by molar-refractivity contribution is 5.76. The van der Waals surface area contributed by atoms with Crippen molar-refractivity contribution in [2.45, 2.75) is 45.6 Å². The Kier molecular flexibility index (Phi) is 4.13. The van der Waals surface area contributed by atoms with Crippen LogP contribution < -0.4 is 5.32 Å². The summed E-state index contributed by atoms with van der Waals surface area (Å²) < 4.78 is 0. The quantitative estimate of drug-likeness (QED) is 0.867. The fourth-order valence-corrected chi connectivity index (χ4v) is 2.43. The second kappa shape index (κ2) is 5.80. The number of rotatable bonds is 4. The van der Waals surface area contributed by atoms with Crippen molar-refractivity contribution in [3.05, 3.63) is 29.6 Å². The molecule has 1 aromatic heterocycles. The summed E-state index contributed by atoms with van der Waals surface area (Å²) in [7, 11) is 0. The van der Waals surface area contributed by atoms with Crippen LogP contribution in [0.4, 0.5) is 0 Å². The lowest BCUT2D eigenvalue weighted by atomic mass is 10.0. The minimum Gasteiger partial charge on any atom is -0.350 e. The fourth-order valence-electron chi connectivity index (χ4n) is 2.43. The third kappa shape index (κ3) is 3.55. The highest BCUT2D eigenvalue weighted by Crippen LogP contribution is 2.27. The number of carbonyl (C=O) groups is 1. The lowest BCUT2D eigenvalue weighted by molar-refractivity contribution is -0.122. The summed E-state index contributed by atoms with van der Waals surface area (Å²) in [6.45, 7) is 2.57. The van der Waals surface area contributed by atoms with Gasteiger partial charge in [0.15, 0.2) is 0 Å². The molecule has 0 unspecified atom stereocenters. The van der Waals surface area contributed by atoms with Crippen molar-refractivity contribution < 1.29 is 4.79 Å². The smallest absolute Gasteiger partial charge is 0.220 e. The zero-order chi connectivity index (χ0) is 12.1. The van der Waals surface area contributed by atoms with Gasteiger partial charge in [-0.2, -0.15) is 0 Å². The number of nitrogens with zero attached hydrogens (tertiary/aromatic N) is 1. The standard InChI is InChI=1S/C14H20N2O/c1-11-5-4-8-15-13(11)10-16-14(17)9-12-6-2-3-7-12/h4-5,8,12H,2-3,6-7,9-10H2,1H3,(H,16,17). The van der Waals surface area contributed by atoms with Gasteiger partial charge in [-0.1, -0.05) is 18.9 Å². The van der Waals surface area contributed by atoms with E-state index in [9.17, 15) is 4.79 Å². The molecule has 0 radical (unpaired) electrons. The molecule has 1 saturated carbocycles. The molecule has 1 amide bonds. The van der Waals surface area contributed by atoms with Crippen molar-refractivity contribution in [1.82, 2.24) is 10.3 Å². The molecular weight excluding hydrogens is 212 g/mol. The van der Waals surface area contributed by atoms with E-state index in [0.29, 0.717) is 18.9 Å². The zero-order valence-corrected chi connectivity index (χ0v) is 10.4. The maximum Gasteiger partial charge on any atom is 0.220 e. The van der Waals surface area contributed by atoms with E-state index in [-0.39, 0.29) is 5.91 Å². The third-order valence-electron chi connectivity index (χ3n) is 3.52. The Morgan fingerprint density at radius 3 is 2.94 bits per heavy atom. The van der Waals surface area contributed by atoms with Gasteiger partial charge in [0.2, 0.25) is 5.91 Å². The van der Waals surface area contributed by atoms with Gasteiger partial charge in [-0.15, -0.1) is 0 Å². The molecule has 1 fully saturated rings. The Labute approximate surface area is 103 Å². The Bertz CT molecular complexity index is 384. The van der Waals surface area contributed by atoms with Crippen LogP contribution in [0.5, 0.6) is 0 Å². The third-order valence-corrected chi connectivity index (χ3v) is 3.52. The van der Waals surface area contributed by atoms with Gasteiger partial charge in [-0.25, -0.2) is 0 Å². The second-order valence-electron chi connectivity index (χ2n) is 4.90. The molecular formula is C14H20N2O. The molecule has 1 aromatic rings. The van der Waals surface area contributed by atoms with Gasteiger partial charge in [0.1, 0.15) is 0 Å². The molecule has 1 aliphatic carbocycles. The highest BCUT2D eigenvalue weighted by atomic mass is 16.1. The van der Waals surface area contributed by atoms with Crippen molar-refractivity contribution in [3.63, 3.8) is 0 Å². The molecule has 0 aromatic carbocycles. The first-order valence-electron chi connectivity index (χ1n) is 6.43. The van der Waals surface area contributed by atoms with Crippen LogP contribution >= 0.6 is 0 Å². The Morgan fingerprint density at radius 2 is 2.24 bits per heavy atom. The van der Waals surface area contributed by atoms with Crippen LogP contribution in [0.25, 0.3) is 0 Å². The normalized spacial score (nSPS) is 16.1. The van der Waals surface area contributed by atoms with Crippen LogP contribution in [0.1, 0.15) is 43.4 Å². The van der Waals surface area contributed by atoms with E-state index >= 15 is 0 Å². The Morgan fingerprint density at radius 1 is 1.47 bits per heavy atom. The molecule has 1 aliphatic rings. The molecule has 0 saturated heterocycles. The van der Waals surface area contributed by atoms with Crippen LogP contribution in [0, 0.1) is 12.8 Å². The number of aryl methyl sites for hydroxylation is 1. The average Bonchev–Trinajstić information content (AvgIpc) is 2.81. The van der Waals surface area contributed by atoms with E-state index in [1.165, 1.54) is 25.7 Å². The number of aromatic nitrogens is 1. The van der Waals surface area contributed by atoms with Crippen molar-refractivity contribution in [1.29, 1.82) is 0 Å². The SMILES string of the molecule is Cc1cccnc1CNC(=O)CC1CCCC1. The first kappa shape index (κ1) is 12.1. The van der Waals surface area contributed by atoms with E-state index < -0.39 is 0 Å². The molecule has 3 nitrogen and oxygen atoms in total. The second-order valence-corrected chi connectivity index (χ2v) is 4.90. The summed E-state index contributed by atoms with van der Waals surface area (Å²) in [5, 5.41) is 2.97. The number of nitrogens with one attached hydrogen (secondary N) is 1. The van der Waals surface area contributed by atoms with Crippen LogP contribution in [0.15, 0.2) is 18.3 Å². The largest absolute Gasteiger partial charge is 0.350 e. The monoisotopic (exact) mass is 232 g/mol. The summed E-state index contributed by atoms with van der Waals surface area (Å²) >= 11 is 0. The summed E-state index contributed by atoms with van der Waals surface area (Å²) in [5.41, 5.74) is 2.10. The molecule has 92 valence electrons. The molecule has 2 rings (SSSR count). The van der Waals surface area contributed by atoms with Gasteiger partial charge in [0.05, 0.1) is 12.2 Å². The molecule has 17 heavy (non-hydrogen) atoms. The van der Waals surface area contributed by atoms with Gasteiger partial charge in [0, 0.05) is 12.6 Å². The first-order chi connectivity index (χ1) is 8.25. The average molecular weight is 232 g/mol. The van der Waals surface area contributed by atoms with Crippen molar-refractivity contribution in [3.8, 4) is 0 Å². The molecule has 1 heterocycles. The lowest BCUT2D eigenvalue weighted by Gasteiger charge is -2.10. The summed E-state index contributed by atoms with van der Waals surface area (Å²) in [6.07, 6.45) is 7.47. The van der Waals surface area contributed by atoms with Crippen LogP contribution in [-0.2, 0) is 11.3 Å². The van der Waals surface area contributed by atoms with E-state index in [1.54, 1.807) is 6.20 Å². The van der Waals surface area contributed by atoms with Crippen molar-refractivity contribution in [2.24, 2.45) is 5.92 Å². The molecule has 0 spiro atoms. The molecule has 0 atom stereocenters. The van der Waals surface area contributed by atoms with E-state index in [4.69, 9.17) is 0 Å². The lowest BCUT2D eigenvalue weighted by Crippen LogP contribution is -2.25. The minimum atomic E-state index is 0.168. The van der Waals surface area contributed by atoms with Gasteiger partial charge in [-0.3, -0.25) is 9.78 Å². The molecule has 1 N–H and O–H groups in total. The number of carbonyl (C=O) groups excluding carboxylic acids is 1. The van der Waals surface area contributed by atoms with Gasteiger partial charge in [0.25, 0.3) is 0 Å². The van der Waals surface area contributed by atoms with Crippen molar-refractivity contribution in [2.75, 3.05) is 0 Å². The number of amides is 1. The van der Waals surface area contributed by atoms with Gasteiger partial charge in [-0.05, 0) is 37.3 Å². The van der Waals surface area contributed by atoms with Gasteiger partial charge >= 0.3 is 0 Å².